The molecule has 3 aliphatic rings. The van der Waals surface area contributed by atoms with Crippen LogP contribution in [0.1, 0.15) is 72.5 Å². The average Bonchev–Trinajstić information content (AvgIpc) is 3.23. The third kappa shape index (κ3) is 4.78. The van der Waals surface area contributed by atoms with Crippen LogP contribution in [0.15, 0.2) is 42.5 Å². The molecule has 0 N–H and O–H groups in total. The van der Waals surface area contributed by atoms with Gasteiger partial charge in [0.25, 0.3) is 5.91 Å². The van der Waals surface area contributed by atoms with Gasteiger partial charge in [-0.1, -0.05) is 60.3 Å². The highest BCUT2D eigenvalue weighted by molar-refractivity contribution is 7.89. The molecule has 0 aromatic heterocycles. The minimum absolute atomic E-state index is 0.116. The zero-order valence-electron chi connectivity index (χ0n) is 20.6. The van der Waals surface area contributed by atoms with Gasteiger partial charge in [-0.25, -0.2) is 8.42 Å². The van der Waals surface area contributed by atoms with Gasteiger partial charge in [-0.2, -0.15) is 4.31 Å². The molecule has 2 fully saturated rings. The molecule has 1 saturated heterocycles. The first-order valence-electron chi connectivity index (χ1n) is 12.8. The van der Waals surface area contributed by atoms with Crippen LogP contribution in [-0.4, -0.2) is 60.5 Å². The van der Waals surface area contributed by atoms with E-state index in [1.54, 1.807) is 58.6 Å². The molecule has 1 saturated carbocycles. The van der Waals surface area contributed by atoms with Gasteiger partial charge in [0.1, 0.15) is 5.92 Å². The van der Waals surface area contributed by atoms with E-state index < -0.39 is 34.0 Å². The van der Waals surface area contributed by atoms with Gasteiger partial charge in [0.05, 0.1) is 18.4 Å². The second-order valence-electron chi connectivity index (χ2n) is 9.84. The second kappa shape index (κ2) is 10.6. The molecule has 2 aromatic rings. The molecule has 10 heteroatoms. The minimum Gasteiger partial charge on any atom is -0.465 e. The Morgan fingerprint density at radius 1 is 1.03 bits per heavy atom. The zero-order chi connectivity index (χ0) is 26.3. The van der Waals surface area contributed by atoms with Gasteiger partial charge >= 0.3 is 5.97 Å². The molecule has 5 rings (SSSR count). The summed E-state index contributed by atoms with van der Waals surface area (Å²) in [5.41, 5.74) is 1.59. The quantitative estimate of drug-likeness (QED) is 0.467. The van der Waals surface area contributed by atoms with Crippen molar-refractivity contribution in [1.29, 1.82) is 0 Å². The standard InChI is InChI=1S/C27H30Cl2N2O5S/c1-2-36-27(33)24-18-8-3-4-9-19(18)26(32)31(25(24)20-13-12-17(28)16-21(20)29)23-11-6-5-10-22(23)30-14-7-15-37(30,34)35/h3-4,8-9,12-13,16,22-25H,2,5-7,10-11,14-15H2,1H3/t22-,23-,24+,25-/m0/s1. The Morgan fingerprint density at radius 3 is 2.43 bits per heavy atom. The molecule has 0 radical (unpaired) electrons. The summed E-state index contributed by atoms with van der Waals surface area (Å²) < 4.78 is 33.1. The number of amides is 1. The average molecular weight is 566 g/mol. The number of rotatable bonds is 5. The molecule has 1 aliphatic carbocycles. The number of hydrogen-bond donors (Lipinski definition) is 0. The van der Waals surface area contributed by atoms with Crippen molar-refractivity contribution in [3.05, 3.63) is 69.2 Å². The lowest BCUT2D eigenvalue weighted by molar-refractivity contribution is -0.147. The van der Waals surface area contributed by atoms with Crippen molar-refractivity contribution >= 4 is 45.1 Å². The topological polar surface area (TPSA) is 84.0 Å². The summed E-state index contributed by atoms with van der Waals surface area (Å²) in [5.74, 6) is -1.40. The Balaban J connectivity index is 1.71. The predicted molar refractivity (Wildman–Crippen MR) is 142 cm³/mol. The summed E-state index contributed by atoms with van der Waals surface area (Å²) in [4.78, 5) is 29.6. The molecule has 1 amide bonds. The van der Waals surface area contributed by atoms with Crippen LogP contribution in [0.2, 0.25) is 10.0 Å². The van der Waals surface area contributed by atoms with E-state index in [9.17, 15) is 18.0 Å². The molecule has 7 nitrogen and oxygen atoms in total. The number of sulfonamides is 1. The van der Waals surface area contributed by atoms with E-state index in [0.717, 1.165) is 12.8 Å². The van der Waals surface area contributed by atoms with E-state index in [1.165, 1.54) is 0 Å². The molecule has 0 unspecified atom stereocenters. The Kier molecular flexibility index (Phi) is 7.56. The summed E-state index contributed by atoms with van der Waals surface area (Å²) in [5, 5.41) is 0.777. The zero-order valence-corrected chi connectivity index (χ0v) is 22.9. The fourth-order valence-corrected chi connectivity index (χ4v) is 8.57. The summed E-state index contributed by atoms with van der Waals surface area (Å²) in [6.45, 7) is 2.37. The van der Waals surface area contributed by atoms with E-state index in [4.69, 9.17) is 27.9 Å². The van der Waals surface area contributed by atoms with Crippen LogP contribution in [0.3, 0.4) is 0 Å². The first-order valence-corrected chi connectivity index (χ1v) is 15.1. The number of fused-ring (bicyclic) bond motifs is 1. The molecule has 37 heavy (non-hydrogen) atoms. The van der Waals surface area contributed by atoms with Crippen molar-refractivity contribution in [3.8, 4) is 0 Å². The fraction of sp³-hybridized carbons (Fsp3) is 0.481. The Labute approximate surface area is 227 Å². The maximum Gasteiger partial charge on any atom is 0.315 e. The summed E-state index contributed by atoms with van der Waals surface area (Å²) >= 11 is 12.9. The van der Waals surface area contributed by atoms with Gasteiger partial charge < -0.3 is 9.64 Å². The van der Waals surface area contributed by atoms with E-state index in [2.05, 4.69) is 0 Å². The Hall–Kier alpha value is -2.13. The number of ether oxygens (including phenoxy) is 1. The van der Waals surface area contributed by atoms with Gasteiger partial charge in [0.15, 0.2) is 0 Å². The highest BCUT2D eigenvalue weighted by Crippen LogP contribution is 2.49. The largest absolute Gasteiger partial charge is 0.465 e. The lowest BCUT2D eigenvalue weighted by Crippen LogP contribution is -2.59. The first kappa shape index (κ1) is 26.5. The second-order valence-corrected chi connectivity index (χ2v) is 12.7. The Morgan fingerprint density at radius 2 is 1.76 bits per heavy atom. The maximum atomic E-state index is 14.3. The van der Waals surface area contributed by atoms with Crippen LogP contribution in [0.5, 0.6) is 0 Å². The third-order valence-corrected chi connectivity index (χ3v) is 10.3. The van der Waals surface area contributed by atoms with Gasteiger partial charge in [-0.15, -0.1) is 0 Å². The summed E-state index contributed by atoms with van der Waals surface area (Å²) in [6.07, 6.45) is 3.58. The highest BCUT2D eigenvalue weighted by atomic mass is 35.5. The van der Waals surface area contributed by atoms with Crippen LogP contribution in [-0.2, 0) is 19.6 Å². The lowest BCUT2D eigenvalue weighted by Gasteiger charge is -2.50. The molecule has 0 spiro atoms. The molecular weight excluding hydrogens is 535 g/mol. The Bertz CT molecular complexity index is 1320. The first-order chi connectivity index (χ1) is 17.7. The molecule has 2 aliphatic heterocycles. The van der Waals surface area contributed by atoms with Gasteiger partial charge in [0.2, 0.25) is 10.0 Å². The van der Waals surface area contributed by atoms with Crippen molar-refractivity contribution < 1.29 is 22.7 Å². The van der Waals surface area contributed by atoms with Crippen LogP contribution in [0.25, 0.3) is 0 Å². The van der Waals surface area contributed by atoms with Crippen LogP contribution in [0.4, 0.5) is 0 Å². The van der Waals surface area contributed by atoms with Crippen molar-refractivity contribution in [1.82, 2.24) is 9.21 Å². The molecule has 0 bridgehead atoms. The predicted octanol–water partition coefficient (Wildman–Crippen LogP) is 5.18. The summed E-state index contributed by atoms with van der Waals surface area (Å²) in [6, 6.07) is 10.6. The van der Waals surface area contributed by atoms with Gasteiger partial charge in [-0.3, -0.25) is 9.59 Å². The van der Waals surface area contributed by atoms with Crippen LogP contribution in [0, 0.1) is 0 Å². The normalized spacial score (nSPS) is 27.6. The minimum atomic E-state index is -3.41. The molecule has 2 aromatic carbocycles. The van der Waals surface area contributed by atoms with E-state index in [0.29, 0.717) is 52.5 Å². The van der Waals surface area contributed by atoms with Crippen molar-refractivity contribution in [2.45, 2.75) is 63.1 Å². The van der Waals surface area contributed by atoms with E-state index in [-0.39, 0.29) is 24.3 Å². The number of hydrogen-bond acceptors (Lipinski definition) is 5. The lowest BCUT2D eigenvalue weighted by atomic mass is 9.76. The number of carbonyl (C=O) groups excluding carboxylic acids is 2. The van der Waals surface area contributed by atoms with Crippen molar-refractivity contribution in [3.63, 3.8) is 0 Å². The highest BCUT2D eigenvalue weighted by Gasteiger charge is 2.51. The monoisotopic (exact) mass is 564 g/mol. The van der Waals surface area contributed by atoms with Gasteiger partial charge in [0, 0.05) is 34.2 Å². The smallest absolute Gasteiger partial charge is 0.315 e. The molecule has 2 heterocycles. The number of nitrogens with zero attached hydrogens (tertiary/aromatic N) is 2. The molecular formula is C27H30Cl2N2O5S. The van der Waals surface area contributed by atoms with Crippen LogP contribution >= 0.6 is 23.2 Å². The number of benzene rings is 2. The summed E-state index contributed by atoms with van der Waals surface area (Å²) in [7, 11) is -3.41. The number of esters is 1. The maximum absolute atomic E-state index is 14.3. The third-order valence-electron chi connectivity index (χ3n) is 7.76. The number of halogens is 2. The van der Waals surface area contributed by atoms with Crippen LogP contribution < -0.4 is 0 Å². The van der Waals surface area contributed by atoms with Gasteiger partial charge in [-0.05, 0) is 55.5 Å². The van der Waals surface area contributed by atoms with Crippen molar-refractivity contribution in [2.24, 2.45) is 0 Å². The fourth-order valence-electron chi connectivity index (χ4n) is 6.26. The molecule has 4 atom stereocenters. The molecule has 198 valence electrons. The SMILES string of the molecule is CCOC(=O)[C@@H]1c2ccccc2C(=O)N([C@H]2CCCC[C@@H]2N2CCCS2(=O)=O)[C@H]1c1ccc(Cl)cc1Cl. The van der Waals surface area contributed by atoms with E-state index in [1.807, 2.05) is 0 Å². The van der Waals surface area contributed by atoms with E-state index >= 15 is 0 Å². The number of carbonyl (C=O) groups is 2. The van der Waals surface area contributed by atoms with Crippen molar-refractivity contribution in [2.75, 3.05) is 18.9 Å².